The van der Waals surface area contributed by atoms with Crippen LogP contribution in [0.1, 0.15) is 31.9 Å². The van der Waals surface area contributed by atoms with Gasteiger partial charge in [-0.15, -0.1) is 0 Å². The van der Waals surface area contributed by atoms with Crippen LogP contribution in [0.15, 0.2) is 24.3 Å². The van der Waals surface area contributed by atoms with Gasteiger partial charge in [-0.3, -0.25) is 9.69 Å². The summed E-state index contributed by atoms with van der Waals surface area (Å²) in [6, 6.07) is 7.74. The predicted octanol–water partition coefficient (Wildman–Crippen LogP) is 1.46. The van der Waals surface area contributed by atoms with E-state index in [0.717, 1.165) is 25.2 Å². The summed E-state index contributed by atoms with van der Waals surface area (Å²) in [6.07, 6.45) is 0. The molecule has 0 saturated carbocycles. The third-order valence-corrected chi connectivity index (χ3v) is 3.63. The van der Waals surface area contributed by atoms with E-state index in [9.17, 15) is 9.59 Å². The van der Waals surface area contributed by atoms with Crippen LogP contribution >= 0.6 is 0 Å². The molecule has 3 amide bonds. The fraction of sp³-hybridized carbons (Fsp3) is 0.529. The normalized spacial score (nSPS) is 10.4. The van der Waals surface area contributed by atoms with E-state index in [4.69, 9.17) is 0 Å². The molecule has 23 heavy (non-hydrogen) atoms. The van der Waals surface area contributed by atoms with Crippen molar-refractivity contribution in [2.24, 2.45) is 0 Å². The van der Waals surface area contributed by atoms with Crippen LogP contribution in [0.2, 0.25) is 0 Å². The molecule has 0 fully saturated rings. The van der Waals surface area contributed by atoms with Crippen molar-refractivity contribution >= 4 is 11.9 Å². The van der Waals surface area contributed by atoms with E-state index in [1.807, 2.05) is 25.1 Å². The molecule has 1 rings (SSSR count). The van der Waals surface area contributed by atoms with Crippen molar-refractivity contribution in [3.63, 3.8) is 0 Å². The largest absolute Gasteiger partial charge is 0.355 e. The van der Waals surface area contributed by atoms with Crippen LogP contribution in [-0.2, 0) is 17.9 Å². The SMILES string of the molecule is CCNC(=O)CNC(=O)NCc1ccccc1CN(CC)CC. The van der Waals surface area contributed by atoms with Gasteiger partial charge in [-0.25, -0.2) is 4.79 Å². The van der Waals surface area contributed by atoms with Crippen molar-refractivity contribution < 1.29 is 9.59 Å². The molecule has 0 spiro atoms. The van der Waals surface area contributed by atoms with E-state index in [-0.39, 0.29) is 18.5 Å². The number of nitrogens with one attached hydrogen (secondary N) is 3. The number of urea groups is 1. The van der Waals surface area contributed by atoms with Crippen molar-refractivity contribution in [2.45, 2.75) is 33.9 Å². The molecular weight excluding hydrogens is 292 g/mol. The molecule has 128 valence electrons. The second-order valence-corrected chi connectivity index (χ2v) is 5.22. The Morgan fingerprint density at radius 1 is 0.957 bits per heavy atom. The average Bonchev–Trinajstić information content (AvgIpc) is 2.57. The van der Waals surface area contributed by atoms with E-state index in [2.05, 4.69) is 40.8 Å². The number of carbonyl (C=O) groups excluding carboxylic acids is 2. The van der Waals surface area contributed by atoms with Crippen LogP contribution in [0.25, 0.3) is 0 Å². The Labute approximate surface area is 138 Å². The lowest BCUT2D eigenvalue weighted by Crippen LogP contribution is -2.41. The highest BCUT2D eigenvalue weighted by atomic mass is 16.2. The molecule has 0 radical (unpaired) electrons. The Bertz CT molecular complexity index is 501. The zero-order valence-electron chi connectivity index (χ0n) is 14.3. The van der Waals surface area contributed by atoms with Crippen LogP contribution in [0.4, 0.5) is 4.79 Å². The fourth-order valence-corrected chi connectivity index (χ4v) is 2.23. The van der Waals surface area contributed by atoms with Crippen molar-refractivity contribution in [1.82, 2.24) is 20.9 Å². The maximum absolute atomic E-state index is 11.8. The molecule has 0 aromatic heterocycles. The van der Waals surface area contributed by atoms with Gasteiger partial charge in [-0.1, -0.05) is 38.1 Å². The highest BCUT2D eigenvalue weighted by Crippen LogP contribution is 2.11. The number of benzene rings is 1. The highest BCUT2D eigenvalue weighted by Gasteiger charge is 2.08. The van der Waals surface area contributed by atoms with Gasteiger partial charge in [0.15, 0.2) is 0 Å². The summed E-state index contributed by atoms with van der Waals surface area (Å²) in [5.41, 5.74) is 2.30. The Kier molecular flexibility index (Phi) is 8.75. The first-order valence-electron chi connectivity index (χ1n) is 8.18. The predicted molar refractivity (Wildman–Crippen MR) is 92.0 cm³/mol. The minimum absolute atomic E-state index is 0.0131. The smallest absolute Gasteiger partial charge is 0.315 e. The maximum atomic E-state index is 11.8. The number of likely N-dealkylation sites (N-methyl/N-ethyl adjacent to an activating group) is 1. The second-order valence-electron chi connectivity index (χ2n) is 5.22. The zero-order chi connectivity index (χ0) is 17.1. The highest BCUT2D eigenvalue weighted by molar-refractivity contribution is 5.83. The Morgan fingerprint density at radius 3 is 2.22 bits per heavy atom. The van der Waals surface area contributed by atoms with E-state index in [1.54, 1.807) is 0 Å². The summed E-state index contributed by atoms with van der Waals surface area (Å²) in [7, 11) is 0. The van der Waals surface area contributed by atoms with E-state index >= 15 is 0 Å². The van der Waals surface area contributed by atoms with Crippen LogP contribution in [0.3, 0.4) is 0 Å². The van der Waals surface area contributed by atoms with Crippen molar-refractivity contribution in [3.05, 3.63) is 35.4 Å². The van der Waals surface area contributed by atoms with Gasteiger partial charge in [0, 0.05) is 19.6 Å². The molecule has 0 aliphatic carbocycles. The lowest BCUT2D eigenvalue weighted by Gasteiger charge is -2.20. The summed E-state index contributed by atoms with van der Waals surface area (Å²) < 4.78 is 0. The standard InChI is InChI=1S/C17H28N4O2/c1-4-18-16(22)12-20-17(23)19-11-14-9-7-8-10-15(14)13-21(5-2)6-3/h7-10H,4-6,11-13H2,1-3H3,(H,18,22)(H2,19,20,23). The molecule has 0 heterocycles. The number of rotatable bonds is 9. The number of nitrogens with zero attached hydrogens (tertiary/aromatic N) is 1. The Hall–Kier alpha value is -2.08. The number of carbonyl (C=O) groups is 2. The molecular formula is C17H28N4O2. The minimum atomic E-state index is -0.339. The summed E-state index contributed by atoms with van der Waals surface area (Å²) in [6.45, 7) is 9.95. The first-order chi connectivity index (χ1) is 11.1. The van der Waals surface area contributed by atoms with Gasteiger partial charge in [0.05, 0.1) is 6.54 Å². The summed E-state index contributed by atoms with van der Waals surface area (Å²) >= 11 is 0. The monoisotopic (exact) mass is 320 g/mol. The lowest BCUT2D eigenvalue weighted by atomic mass is 10.1. The van der Waals surface area contributed by atoms with Crippen LogP contribution in [0, 0.1) is 0 Å². The molecule has 1 aromatic rings. The van der Waals surface area contributed by atoms with Crippen molar-refractivity contribution in [2.75, 3.05) is 26.2 Å². The van der Waals surface area contributed by atoms with Gasteiger partial charge in [0.1, 0.15) is 0 Å². The fourth-order valence-electron chi connectivity index (χ4n) is 2.23. The molecule has 6 heteroatoms. The molecule has 0 aliphatic heterocycles. The molecule has 3 N–H and O–H groups in total. The third-order valence-electron chi connectivity index (χ3n) is 3.63. The second kappa shape index (κ2) is 10.6. The molecule has 0 aliphatic rings. The van der Waals surface area contributed by atoms with Gasteiger partial charge in [-0.2, -0.15) is 0 Å². The van der Waals surface area contributed by atoms with Gasteiger partial charge >= 0.3 is 6.03 Å². The molecule has 0 bridgehead atoms. The van der Waals surface area contributed by atoms with Crippen molar-refractivity contribution in [3.8, 4) is 0 Å². The van der Waals surface area contributed by atoms with Crippen molar-refractivity contribution in [1.29, 1.82) is 0 Å². The van der Waals surface area contributed by atoms with Crippen LogP contribution in [0.5, 0.6) is 0 Å². The number of hydrogen-bond acceptors (Lipinski definition) is 3. The molecule has 0 saturated heterocycles. The van der Waals surface area contributed by atoms with E-state index in [0.29, 0.717) is 13.1 Å². The summed E-state index contributed by atoms with van der Waals surface area (Å²) in [4.78, 5) is 25.4. The van der Waals surface area contributed by atoms with Gasteiger partial charge in [-0.05, 0) is 31.1 Å². The van der Waals surface area contributed by atoms with Gasteiger partial charge < -0.3 is 16.0 Å². The van der Waals surface area contributed by atoms with Crippen LogP contribution < -0.4 is 16.0 Å². The zero-order valence-corrected chi connectivity index (χ0v) is 14.3. The quantitative estimate of drug-likeness (QED) is 0.645. The summed E-state index contributed by atoms with van der Waals surface area (Å²) in [5, 5.41) is 7.98. The topological polar surface area (TPSA) is 73.5 Å². The molecule has 1 aromatic carbocycles. The van der Waals surface area contributed by atoms with E-state index < -0.39 is 0 Å². The summed E-state index contributed by atoms with van der Waals surface area (Å²) in [5.74, 6) is -0.190. The average molecular weight is 320 g/mol. The minimum Gasteiger partial charge on any atom is -0.355 e. The first kappa shape index (κ1) is 19.0. The van der Waals surface area contributed by atoms with Gasteiger partial charge in [0.25, 0.3) is 0 Å². The Morgan fingerprint density at radius 2 is 1.61 bits per heavy atom. The third kappa shape index (κ3) is 7.15. The Balaban J connectivity index is 2.50. The first-order valence-corrected chi connectivity index (χ1v) is 8.18. The molecule has 0 unspecified atom stereocenters. The maximum Gasteiger partial charge on any atom is 0.315 e. The van der Waals surface area contributed by atoms with E-state index in [1.165, 1.54) is 5.56 Å². The number of hydrogen-bond donors (Lipinski definition) is 3. The molecule has 0 atom stereocenters. The molecule has 6 nitrogen and oxygen atoms in total. The van der Waals surface area contributed by atoms with Crippen LogP contribution in [-0.4, -0.2) is 43.0 Å². The van der Waals surface area contributed by atoms with Gasteiger partial charge in [0.2, 0.25) is 5.91 Å². The number of amides is 3. The lowest BCUT2D eigenvalue weighted by molar-refractivity contribution is -0.119.